The second-order valence-electron chi connectivity index (χ2n) is 7.29. The maximum absolute atomic E-state index is 12.3. The molecule has 0 saturated carbocycles. The van der Waals surface area contributed by atoms with Gasteiger partial charge in [0.05, 0.1) is 20.0 Å². The van der Waals surface area contributed by atoms with Crippen LogP contribution in [-0.4, -0.2) is 66.7 Å². The average molecular weight is 465 g/mol. The van der Waals surface area contributed by atoms with Crippen LogP contribution in [0.5, 0.6) is 5.88 Å². The average Bonchev–Trinajstić information content (AvgIpc) is 3.32. The van der Waals surface area contributed by atoms with Gasteiger partial charge in [-0.05, 0) is 12.5 Å². The molecule has 2 unspecified atom stereocenters. The maximum Gasteiger partial charge on any atom is 0.403 e. The topological polar surface area (TPSA) is 161 Å². The highest BCUT2D eigenvalue weighted by atomic mass is 31.2. The van der Waals surface area contributed by atoms with E-state index in [0.29, 0.717) is 17.0 Å². The van der Waals surface area contributed by atoms with Gasteiger partial charge in [0.15, 0.2) is 17.4 Å². The van der Waals surface area contributed by atoms with Gasteiger partial charge in [0.2, 0.25) is 5.88 Å². The molecular formula is C19H24N5O7P. The van der Waals surface area contributed by atoms with E-state index in [0.717, 1.165) is 5.56 Å². The van der Waals surface area contributed by atoms with E-state index >= 15 is 0 Å². The van der Waals surface area contributed by atoms with Crippen LogP contribution in [0.25, 0.3) is 11.2 Å². The molecule has 4 N–H and O–H groups in total. The molecule has 0 aliphatic carbocycles. The summed E-state index contributed by atoms with van der Waals surface area (Å²) in [6.07, 6.45) is -3.42. The summed E-state index contributed by atoms with van der Waals surface area (Å²) in [5.74, 6) is 0.694. The van der Waals surface area contributed by atoms with Crippen LogP contribution in [0.1, 0.15) is 17.6 Å². The lowest BCUT2D eigenvalue weighted by atomic mass is 10.1. The number of methoxy groups -OCH3 is 1. The van der Waals surface area contributed by atoms with Crippen molar-refractivity contribution in [1.29, 1.82) is 0 Å². The molecule has 1 aliphatic heterocycles. The zero-order chi connectivity index (χ0) is 22.9. The highest BCUT2D eigenvalue weighted by Crippen LogP contribution is 2.40. The number of ether oxygens (including phenoxy) is 2. The van der Waals surface area contributed by atoms with E-state index in [2.05, 4.69) is 20.0 Å². The molecule has 1 aromatic carbocycles. The molecule has 172 valence electrons. The predicted molar refractivity (Wildman–Crippen MR) is 112 cm³/mol. The Morgan fingerprint density at radius 2 is 1.97 bits per heavy atom. The minimum atomic E-state index is -4.17. The van der Waals surface area contributed by atoms with Crippen molar-refractivity contribution in [1.82, 2.24) is 24.6 Å². The summed E-state index contributed by atoms with van der Waals surface area (Å²) in [5, 5.41) is 23.4. The second-order valence-corrected chi connectivity index (χ2v) is 8.90. The number of nitrogens with one attached hydrogen (secondary N) is 1. The number of aryl methyl sites for hydroxylation is 1. The van der Waals surface area contributed by atoms with Crippen molar-refractivity contribution in [3.8, 4) is 5.88 Å². The SMILES string of the molecule is COc1nc(C)nc2c1ncn2[C@@H]1O[C@H](COP(=O)(O)NCc2ccccc2)[C@H](O)C1O. The molecule has 0 spiro atoms. The van der Waals surface area contributed by atoms with Gasteiger partial charge in [0.25, 0.3) is 0 Å². The van der Waals surface area contributed by atoms with Crippen molar-refractivity contribution in [2.24, 2.45) is 0 Å². The third kappa shape index (κ3) is 4.66. The van der Waals surface area contributed by atoms with Gasteiger partial charge < -0.3 is 24.6 Å². The number of hydrogen-bond donors (Lipinski definition) is 4. The zero-order valence-corrected chi connectivity index (χ0v) is 18.3. The van der Waals surface area contributed by atoms with Crippen LogP contribution in [0.3, 0.4) is 0 Å². The van der Waals surface area contributed by atoms with E-state index in [4.69, 9.17) is 14.0 Å². The summed E-state index contributed by atoms with van der Waals surface area (Å²) in [7, 11) is -2.72. The monoisotopic (exact) mass is 465 g/mol. The summed E-state index contributed by atoms with van der Waals surface area (Å²) >= 11 is 0. The summed E-state index contributed by atoms with van der Waals surface area (Å²) in [6.45, 7) is 1.38. The third-order valence-electron chi connectivity index (χ3n) is 5.05. The van der Waals surface area contributed by atoms with Crippen molar-refractivity contribution in [2.45, 2.75) is 38.0 Å². The van der Waals surface area contributed by atoms with Crippen LogP contribution >= 0.6 is 7.75 Å². The fourth-order valence-electron chi connectivity index (χ4n) is 3.43. The number of fused-ring (bicyclic) bond motifs is 1. The standard InChI is InChI=1S/C19H24N5O7P/c1-11-22-17-14(18(23-11)29-2)20-10-24(17)19-16(26)15(25)13(31-19)9-30-32(27,28)21-8-12-6-4-3-5-7-12/h3-7,10,13,15-16,19,25-26H,8-9H2,1-2H3,(H2,21,27,28)/t13-,15+,16?,19-/m1/s1. The number of hydrogen-bond acceptors (Lipinski definition) is 9. The Morgan fingerprint density at radius 3 is 2.69 bits per heavy atom. The lowest BCUT2D eigenvalue weighted by molar-refractivity contribution is -0.0487. The lowest BCUT2D eigenvalue weighted by Gasteiger charge is -2.18. The van der Waals surface area contributed by atoms with E-state index in [9.17, 15) is 19.7 Å². The van der Waals surface area contributed by atoms with Crippen molar-refractivity contribution in [2.75, 3.05) is 13.7 Å². The molecule has 1 saturated heterocycles. The first-order chi connectivity index (χ1) is 15.3. The Morgan fingerprint density at radius 1 is 1.22 bits per heavy atom. The zero-order valence-electron chi connectivity index (χ0n) is 17.4. The summed E-state index contributed by atoms with van der Waals surface area (Å²) in [4.78, 5) is 22.7. The number of aliphatic hydroxyl groups excluding tert-OH is 2. The Hall–Kier alpha value is -2.44. The van der Waals surface area contributed by atoms with Crippen molar-refractivity contribution >= 4 is 18.9 Å². The van der Waals surface area contributed by atoms with Gasteiger partial charge in [-0.3, -0.25) is 9.09 Å². The van der Waals surface area contributed by atoms with Gasteiger partial charge in [-0.25, -0.2) is 19.6 Å². The maximum atomic E-state index is 12.3. The number of imidazole rings is 1. The number of aliphatic hydroxyl groups is 2. The first kappa shape index (κ1) is 22.7. The van der Waals surface area contributed by atoms with Gasteiger partial charge in [0, 0.05) is 6.54 Å². The van der Waals surface area contributed by atoms with Crippen LogP contribution in [0.4, 0.5) is 0 Å². The minimum Gasteiger partial charge on any atom is -0.479 e. The molecule has 0 radical (unpaired) electrons. The molecule has 1 aliphatic rings. The summed E-state index contributed by atoms with van der Waals surface area (Å²) in [5.41, 5.74) is 1.52. The quantitative estimate of drug-likeness (QED) is 0.346. The normalized spacial score (nSPS) is 25.2. The summed E-state index contributed by atoms with van der Waals surface area (Å²) in [6, 6.07) is 9.06. The Balaban J connectivity index is 1.44. The van der Waals surface area contributed by atoms with Crippen LogP contribution in [-0.2, 0) is 20.4 Å². The minimum absolute atomic E-state index is 0.121. The molecule has 2 aromatic heterocycles. The number of benzene rings is 1. The van der Waals surface area contributed by atoms with E-state index in [1.54, 1.807) is 19.1 Å². The van der Waals surface area contributed by atoms with Crippen LogP contribution in [0, 0.1) is 6.92 Å². The molecule has 0 bridgehead atoms. The molecule has 32 heavy (non-hydrogen) atoms. The molecule has 3 aromatic rings. The van der Waals surface area contributed by atoms with Crippen LogP contribution in [0.15, 0.2) is 36.7 Å². The summed E-state index contributed by atoms with van der Waals surface area (Å²) < 4.78 is 29.8. The number of aromatic nitrogens is 4. The number of nitrogens with zero attached hydrogens (tertiary/aromatic N) is 4. The van der Waals surface area contributed by atoms with Crippen LogP contribution in [0.2, 0.25) is 0 Å². The smallest absolute Gasteiger partial charge is 0.403 e. The van der Waals surface area contributed by atoms with Gasteiger partial charge in [-0.1, -0.05) is 30.3 Å². The van der Waals surface area contributed by atoms with Gasteiger partial charge in [-0.2, -0.15) is 4.98 Å². The molecule has 4 rings (SSSR count). The van der Waals surface area contributed by atoms with Gasteiger partial charge >= 0.3 is 7.75 Å². The van der Waals surface area contributed by atoms with Crippen LogP contribution < -0.4 is 9.82 Å². The van der Waals surface area contributed by atoms with Gasteiger partial charge in [-0.15, -0.1) is 0 Å². The lowest BCUT2D eigenvalue weighted by Crippen LogP contribution is -2.34. The molecule has 13 heteroatoms. The van der Waals surface area contributed by atoms with E-state index in [1.807, 2.05) is 18.2 Å². The second kappa shape index (κ2) is 9.20. The van der Waals surface area contributed by atoms with Crippen molar-refractivity contribution in [3.63, 3.8) is 0 Å². The Labute approximate surface area is 183 Å². The molecule has 12 nitrogen and oxygen atoms in total. The highest BCUT2D eigenvalue weighted by Gasteiger charge is 2.45. The van der Waals surface area contributed by atoms with Gasteiger partial charge in [0.1, 0.15) is 24.1 Å². The molecule has 5 atom stereocenters. The van der Waals surface area contributed by atoms with E-state index in [1.165, 1.54) is 18.0 Å². The fraction of sp³-hybridized carbons (Fsp3) is 0.421. The largest absolute Gasteiger partial charge is 0.479 e. The van der Waals surface area contributed by atoms with Crippen molar-refractivity contribution in [3.05, 3.63) is 48.0 Å². The van der Waals surface area contributed by atoms with Crippen molar-refractivity contribution < 1.29 is 33.7 Å². The van der Waals surface area contributed by atoms with E-state index in [-0.39, 0.29) is 12.4 Å². The third-order valence-corrected chi connectivity index (χ3v) is 6.10. The molecule has 0 amide bonds. The Kier molecular flexibility index (Phi) is 6.54. The molecule has 3 heterocycles. The fourth-order valence-corrected chi connectivity index (χ4v) is 4.25. The van der Waals surface area contributed by atoms with E-state index < -0.39 is 38.9 Å². The first-order valence-corrected chi connectivity index (χ1v) is 11.4. The molecular weight excluding hydrogens is 441 g/mol. The highest BCUT2D eigenvalue weighted by molar-refractivity contribution is 7.50. The number of rotatable bonds is 8. The predicted octanol–water partition coefficient (Wildman–Crippen LogP) is 0.669. The molecule has 1 fully saturated rings. The Bertz CT molecular complexity index is 1130. The first-order valence-electron chi connectivity index (χ1n) is 9.82.